The normalized spacial score (nSPS) is 10.9. The van der Waals surface area contributed by atoms with E-state index in [0.29, 0.717) is 16.7 Å². The van der Waals surface area contributed by atoms with Gasteiger partial charge in [0.2, 0.25) is 0 Å². The average Bonchev–Trinajstić information content (AvgIpc) is 2.33. The van der Waals surface area contributed by atoms with Crippen LogP contribution in [0.15, 0.2) is 15.8 Å². The molecule has 2 aromatic heterocycles. The molecule has 16 heavy (non-hydrogen) atoms. The smallest absolute Gasteiger partial charge is 0.279 e. The third-order valence-electron chi connectivity index (χ3n) is 2.34. The summed E-state index contributed by atoms with van der Waals surface area (Å²) in [6, 6.07) is 0. The molecule has 0 aliphatic rings. The maximum atomic E-state index is 11.8. The predicted octanol–water partition coefficient (Wildman–Crippen LogP) is -0.0779. The van der Waals surface area contributed by atoms with Gasteiger partial charge in [0.05, 0.1) is 11.9 Å². The van der Waals surface area contributed by atoms with Gasteiger partial charge in [0.25, 0.3) is 5.56 Å². The molecule has 7 heteroatoms. The molecule has 2 heterocycles. The molecule has 0 N–H and O–H groups in total. The van der Waals surface area contributed by atoms with Crippen LogP contribution in [0.4, 0.5) is 0 Å². The number of aromatic nitrogens is 4. The van der Waals surface area contributed by atoms with Gasteiger partial charge in [-0.3, -0.25) is 13.9 Å². The van der Waals surface area contributed by atoms with Gasteiger partial charge >= 0.3 is 5.69 Å². The number of alkyl halides is 1. The molecular weight excluding hydrogens is 276 g/mol. The zero-order valence-electron chi connectivity index (χ0n) is 8.77. The van der Waals surface area contributed by atoms with Crippen molar-refractivity contribution in [2.75, 3.05) is 0 Å². The third kappa shape index (κ3) is 1.47. The van der Waals surface area contributed by atoms with E-state index in [1.54, 1.807) is 7.05 Å². The Hall–Kier alpha value is -1.50. The fourth-order valence-electron chi connectivity index (χ4n) is 1.43. The SMILES string of the molecule is Cn1c(=O)c2nc(CBr)cnc2n(C)c1=O. The maximum Gasteiger partial charge on any atom is 0.332 e. The summed E-state index contributed by atoms with van der Waals surface area (Å²) >= 11 is 3.24. The topological polar surface area (TPSA) is 69.8 Å². The van der Waals surface area contributed by atoms with Crippen LogP contribution in [-0.2, 0) is 19.4 Å². The van der Waals surface area contributed by atoms with Crippen molar-refractivity contribution < 1.29 is 0 Å². The van der Waals surface area contributed by atoms with Gasteiger partial charge in [-0.15, -0.1) is 0 Å². The average molecular weight is 285 g/mol. The van der Waals surface area contributed by atoms with Gasteiger partial charge in [-0.1, -0.05) is 15.9 Å². The molecule has 0 atom stereocenters. The number of hydrogen-bond donors (Lipinski definition) is 0. The van der Waals surface area contributed by atoms with E-state index in [1.807, 2.05) is 0 Å². The summed E-state index contributed by atoms with van der Waals surface area (Å²) in [7, 11) is 2.99. The number of nitrogens with zero attached hydrogens (tertiary/aromatic N) is 4. The monoisotopic (exact) mass is 284 g/mol. The lowest BCUT2D eigenvalue weighted by molar-refractivity contribution is 0.703. The molecular formula is C9H9BrN4O2. The van der Waals surface area contributed by atoms with Crippen LogP contribution in [0.1, 0.15) is 5.69 Å². The second-order valence-corrected chi connectivity index (χ2v) is 3.93. The summed E-state index contributed by atoms with van der Waals surface area (Å²) in [6.07, 6.45) is 1.54. The summed E-state index contributed by atoms with van der Waals surface area (Å²) in [5, 5.41) is 0.516. The van der Waals surface area contributed by atoms with E-state index >= 15 is 0 Å². The Morgan fingerprint density at radius 1 is 1.31 bits per heavy atom. The van der Waals surface area contributed by atoms with Crippen LogP contribution in [0.2, 0.25) is 0 Å². The molecule has 0 saturated carbocycles. The Bertz CT molecular complexity index is 673. The second kappa shape index (κ2) is 3.82. The molecule has 84 valence electrons. The molecule has 0 bridgehead atoms. The Labute approximate surface area is 98.7 Å². The summed E-state index contributed by atoms with van der Waals surface area (Å²) < 4.78 is 2.33. The number of hydrogen-bond acceptors (Lipinski definition) is 4. The zero-order chi connectivity index (χ0) is 11.9. The zero-order valence-corrected chi connectivity index (χ0v) is 10.4. The highest BCUT2D eigenvalue weighted by molar-refractivity contribution is 9.08. The largest absolute Gasteiger partial charge is 0.332 e. The molecule has 0 saturated heterocycles. The number of aryl methyl sites for hydroxylation is 1. The Balaban J connectivity index is 3.03. The van der Waals surface area contributed by atoms with E-state index in [9.17, 15) is 9.59 Å². The van der Waals surface area contributed by atoms with Crippen molar-refractivity contribution in [2.45, 2.75) is 5.33 Å². The van der Waals surface area contributed by atoms with Crippen molar-refractivity contribution in [2.24, 2.45) is 14.1 Å². The molecule has 0 amide bonds. The summed E-state index contributed by atoms with van der Waals surface area (Å²) in [5.41, 5.74) is 0.342. The Kier molecular flexibility index (Phi) is 2.63. The molecule has 0 spiro atoms. The van der Waals surface area contributed by atoms with Crippen LogP contribution in [0.25, 0.3) is 11.2 Å². The number of rotatable bonds is 1. The van der Waals surface area contributed by atoms with Gasteiger partial charge in [0.15, 0.2) is 11.2 Å². The van der Waals surface area contributed by atoms with Crippen LogP contribution < -0.4 is 11.2 Å². The quantitative estimate of drug-likeness (QED) is 0.687. The van der Waals surface area contributed by atoms with Gasteiger partial charge in [0, 0.05) is 19.4 Å². The van der Waals surface area contributed by atoms with Crippen molar-refractivity contribution in [3.63, 3.8) is 0 Å². The molecule has 2 rings (SSSR count). The molecule has 0 unspecified atom stereocenters. The van der Waals surface area contributed by atoms with Crippen LogP contribution in [-0.4, -0.2) is 19.1 Å². The minimum atomic E-state index is -0.423. The lowest BCUT2D eigenvalue weighted by Crippen LogP contribution is -2.37. The van der Waals surface area contributed by atoms with Gasteiger partial charge < -0.3 is 0 Å². The highest BCUT2D eigenvalue weighted by Crippen LogP contribution is 2.04. The molecule has 0 aliphatic heterocycles. The molecule has 0 aromatic carbocycles. The first-order valence-electron chi connectivity index (χ1n) is 4.54. The van der Waals surface area contributed by atoms with Crippen molar-refractivity contribution >= 4 is 27.1 Å². The van der Waals surface area contributed by atoms with E-state index in [4.69, 9.17) is 0 Å². The highest BCUT2D eigenvalue weighted by Gasteiger charge is 2.10. The van der Waals surface area contributed by atoms with Gasteiger partial charge in [0.1, 0.15) is 0 Å². The minimum Gasteiger partial charge on any atom is -0.279 e. The van der Waals surface area contributed by atoms with Crippen LogP contribution in [0.3, 0.4) is 0 Å². The van der Waals surface area contributed by atoms with E-state index < -0.39 is 11.2 Å². The molecule has 0 radical (unpaired) electrons. The van der Waals surface area contributed by atoms with E-state index in [1.165, 1.54) is 17.8 Å². The summed E-state index contributed by atoms with van der Waals surface area (Å²) in [6.45, 7) is 0. The van der Waals surface area contributed by atoms with E-state index in [-0.39, 0.29) is 5.52 Å². The Morgan fingerprint density at radius 3 is 2.62 bits per heavy atom. The molecule has 0 aliphatic carbocycles. The van der Waals surface area contributed by atoms with Crippen LogP contribution in [0.5, 0.6) is 0 Å². The molecule has 0 fully saturated rings. The first-order chi connectivity index (χ1) is 7.56. The van der Waals surface area contributed by atoms with Gasteiger partial charge in [-0.2, -0.15) is 0 Å². The van der Waals surface area contributed by atoms with Crippen molar-refractivity contribution in [1.29, 1.82) is 0 Å². The summed E-state index contributed by atoms with van der Waals surface area (Å²) in [4.78, 5) is 31.6. The number of halogens is 1. The lowest BCUT2D eigenvalue weighted by Gasteiger charge is -2.05. The second-order valence-electron chi connectivity index (χ2n) is 3.37. The van der Waals surface area contributed by atoms with Crippen LogP contribution >= 0.6 is 15.9 Å². The predicted molar refractivity (Wildman–Crippen MR) is 62.7 cm³/mol. The third-order valence-corrected chi connectivity index (χ3v) is 2.91. The van der Waals surface area contributed by atoms with Crippen molar-refractivity contribution in [3.8, 4) is 0 Å². The van der Waals surface area contributed by atoms with Crippen LogP contribution in [0, 0.1) is 0 Å². The standard InChI is InChI=1S/C9H9BrN4O2/c1-13-7-6(8(15)14(2)9(13)16)12-5(3-10)4-11-7/h4H,3H2,1-2H3. The fraction of sp³-hybridized carbons (Fsp3) is 0.333. The first-order valence-corrected chi connectivity index (χ1v) is 5.66. The number of fused-ring (bicyclic) bond motifs is 1. The summed E-state index contributed by atoms with van der Waals surface area (Å²) in [5.74, 6) is 0. The Morgan fingerprint density at radius 2 is 2.00 bits per heavy atom. The minimum absolute atomic E-state index is 0.210. The lowest BCUT2D eigenvalue weighted by atomic mass is 10.4. The fourth-order valence-corrected chi connectivity index (χ4v) is 1.70. The van der Waals surface area contributed by atoms with Gasteiger partial charge in [-0.05, 0) is 0 Å². The maximum absolute atomic E-state index is 11.8. The van der Waals surface area contributed by atoms with Crippen molar-refractivity contribution in [1.82, 2.24) is 19.1 Å². The van der Waals surface area contributed by atoms with E-state index in [0.717, 1.165) is 4.57 Å². The van der Waals surface area contributed by atoms with E-state index in [2.05, 4.69) is 25.9 Å². The van der Waals surface area contributed by atoms with Crippen molar-refractivity contribution in [3.05, 3.63) is 32.7 Å². The first kappa shape index (κ1) is 11.0. The molecule has 2 aromatic rings. The van der Waals surface area contributed by atoms with Gasteiger partial charge in [-0.25, -0.2) is 14.8 Å². The molecule has 6 nitrogen and oxygen atoms in total. The highest BCUT2D eigenvalue weighted by atomic mass is 79.9.